The largest absolute Gasteiger partial charge is 0.374 e. The number of nitrogens with two attached hydrogens (primary N) is 1. The third kappa shape index (κ3) is 3.55. The van der Waals surface area contributed by atoms with Crippen LogP contribution in [0.15, 0.2) is 24.3 Å². The lowest BCUT2D eigenvalue weighted by Gasteiger charge is -2.22. The summed E-state index contributed by atoms with van der Waals surface area (Å²) in [6.45, 7) is 6.66. The molecule has 1 aromatic carbocycles. The lowest BCUT2D eigenvalue weighted by atomic mass is 10.1. The highest BCUT2D eigenvalue weighted by Gasteiger charge is 2.16. The minimum atomic E-state index is -0.149. The fourth-order valence-electron chi connectivity index (χ4n) is 2.10. The van der Waals surface area contributed by atoms with Gasteiger partial charge in [0.05, 0.1) is 23.4 Å². The summed E-state index contributed by atoms with van der Waals surface area (Å²) < 4.78 is 7.63. The van der Waals surface area contributed by atoms with E-state index in [4.69, 9.17) is 10.5 Å². The van der Waals surface area contributed by atoms with Crippen LogP contribution in [0.4, 0.5) is 0 Å². The third-order valence-electron chi connectivity index (χ3n) is 3.02. The van der Waals surface area contributed by atoms with Gasteiger partial charge in [0.1, 0.15) is 0 Å². The molecule has 104 valence electrons. The molecule has 19 heavy (non-hydrogen) atoms. The zero-order valence-corrected chi connectivity index (χ0v) is 12.2. The van der Waals surface area contributed by atoms with Crippen LogP contribution in [0.5, 0.6) is 0 Å². The summed E-state index contributed by atoms with van der Waals surface area (Å²) in [5.41, 5.74) is 8.17. The van der Waals surface area contributed by atoms with Crippen molar-refractivity contribution in [3.05, 3.63) is 30.0 Å². The predicted molar refractivity (Wildman–Crippen MR) is 78.1 cm³/mol. The summed E-state index contributed by atoms with van der Waals surface area (Å²) in [6.07, 6.45) is 0.734. The normalized spacial score (nSPS) is 13.9. The summed E-state index contributed by atoms with van der Waals surface area (Å²) >= 11 is 0. The molecule has 2 N–H and O–H groups in total. The molecule has 4 heteroatoms. The molecule has 0 saturated carbocycles. The molecule has 1 unspecified atom stereocenters. The van der Waals surface area contributed by atoms with Crippen LogP contribution in [0.1, 0.15) is 26.5 Å². The van der Waals surface area contributed by atoms with E-state index in [1.165, 1.54) is 5.39 Å². The van der Waals surface area contributed by atoms with Crippen LogP contribution in [0, 0.1) is 0 Å². The standard InChI is InChI=1S/C15H23N3O/c1-15(2,3)19-10-11(16)9-13-12-7-5-6-8-14(12)18(4)17-13/h5-8,11H,9-10,16H2,1-4H3. The van der Waals surface area contributed by atoms with Gasteiger partial charge in [-0.2, -0.15) is 5.10 Å². The lowest BCUT2D eigenvalue weighted by molar-refractivity contribution is -0.00990. The van der Waals surface area contributed by atoms with Crippen LogP contribution in [0.3, 0.4) is 0 Å². The predicted octanol–water partition coefficient (Wildman–Crippen LogP) is 2.26. The number of aryl methyl sites for hydroxylation is 1. The number of aromatic nitrogens is 2. The van der Waals surface area contributed by atoms with Gasteiger partial charge in [-0.25, -0.2) is 0 Å². The maximum absolute atomic E-state index is 6.14. The Balaban J connectivity index is 2.09. The molecule has 1 aromatic heterocycles. The van der Waals surface area contributed by atoms with Crippen molar-refractivity contribution in [2.75, 3.05) is 6.61 Å². The monoisotopic (exact) mass is 261 g/mol. The number of para-hydroxylation sites is 1. The Kier molecular flexibility index (Phi) is 3.92. The van der Waals surface area contributed by atoms with Crippen molar-refractivity contribution in [2.24, 2.45) is 12.8 Å². The topological polar surface area (TPSA) is 53.1 Å². The van der Waals surface area contributed by atoms with Crippen molar-refractivity contribution in [1.82, 2.24) is 9.78 Å². The molecule has 0 bridgehead atoms. The number of fused-ring (bicyclic) bond motifs is 1. The number of rotatable bonds is 4. The van der Waals surface area contributed by atoms with Crippen LogP contribution < -0.4 is 5.73 Å². The second kappa shape index (κ2) is 5.31. The van der Waals surface area contributed by atoms with Gasteiger partial charge in [-0.3, -0.25) is 4.68 Å². The van der Waals surface area contributed by atoms with Crippen molar-refractivity contribution >= 4 is 10.9 Å². The van der Waals surface area contributed by atoms with E-state index in [0.717, 1.165) is 17.6 Å². The van der Waals surface area contributed by atoms with Gasteiger partial charge in [-0.1, -0.05) is 18.2 Å². The quantitative estimate of drug-likeness (QED) is 0.918. The van der Waals surface area contributed by atoms with Crippen LogP contribution in [-0.2, 0) is 18.2 Å². The fraction of sp³-hybridized carbons (Fsp3) is 0.533. The number of benzene rings is 1. The van der Waals surface area contributed by atoms with Gasteiger partial charge in [-0.15, -0.1) is 0 Å². The lowest BCUT2D eigenvalue weighted by Crippen LogP contribution is -2.33. The first-order valence-electron chi connectivity index (χ1n) is 6.67. The van der Waals surface area contributed by atoms with Crippen molar-refractivity contribution in [3.63, 3.8) is 0 Å². The molecule has 0 aliphatic heterocycles. The molecule has 2 rings (SSSR count). The molecule has 0 aliphatic carbocycles. The van der Waals surface area contributed by atoms with Gasteiger partial charge in [0.25, 0.3) is 0 Å². The maximum atomic E-state index is 6.14. The second-order valence-corrected chi connectivity index (χ2v) is 5.98. The van der Waals surface area contributed by atoms with E-state index in [1.807, 2.05) is 44.6 Å². The fourth-order valence-corrected chi connectivity index (χ4v) is 2.10. The van der Waals surface area contributed by atoms with Gasteiger partial charge in [0.15, 0.2) is 0 Å². The van der Waals surface area contributed by atoms with Crippen LogP contribution in [-0.4, -0.2) is 28.0 Å². The van der Waals surface area contributed by atoms with Crippen LogP contribution in [0.2, 0.25) is 0 Å². The molecule has 0 amide bonds. The Labute approximate surface area is 114 Å². The molecule has 0 saturated heterocycles. The Hall–Kier alpha value is -1.39. The van der Waals surface area contributed by atoms with E-state index in [9.17, 15) is 0 Å². The van der Waals surface area contributed by atoms with E-state index >= 15 is 0 Å². The van der Waals surface area contributed by atoms with Gasteiger partial charge in [-0.05, 0) is 26.8 Å². The SMILES string of the molecule is Cn1nc(CC(N)COC(C)(C)C)c2ccccc21. The minimum Gasteiger partial charge on any atom is -0.374 e. The summed E-state index contributed by atoms with van der Waals surface area (Å²) in [7, 11) is 1.96. The molecule has 0 radical (unpaired) electrons. The molecular weight excluding hydrogens is 238 g/mol. The van der Waals surface area contributed by atoms with Crippen molar-refractivity contribution in [1.29, 1.82) is 0 Å². The Morgan fingerprint density at radius 2 is 2.00 bits per heavy atom. The number of hydrogen-bond acceptors (Lipinski definition) is 3. The average molecular weight is 261 g/mol. The zero-order valence-electron chi connectivity index (χ0n) is 12.2. The van der Waals surface area contributed by atoms with E-state index in [0.29, 0.717) is 6.61 Å². The van der Waals surface area contributed by atoms with E-state index in [1.54, 1.807) is 0 Å². The highest BCUT2D eigenvalue weighted by Crippen LogP contribution is 2.18. The molecule has 1 heterocycles. The molecular formula is C15H23N3O. The Bertz CT molecular complexity index is 554. The van der Waals surface area contributed by atoms with E-state index < -0.39 is 0 Å². The number of nitrogens with zero attached hydrogens (tertiary/aromatic N) is 2. The molecule has 0 fully saturated rings. The summed E-state index contributed by atoms with van der Waals surface area (Å²) in [5.74, 6) is 0. The minimum absolute atomic E-state index is 0.0301. The summed E-state index contributed by atoms with van der Waals surface area (Å²) in [4.78, 5) is 0. The summed E-state index contributed by atoms with van der Waals surface area (Å²) in [5, 5.41) is 5.73. The molecule has 0 spiro atoms. The summed E-state index contributed by atoms with van der Waals surface area (Å²) in [6, 6.07) is 8.19. The van der Waals surface area contributed by atoms with Crippen molar-refractivity contribution in [2.45, 2.75) is 38.8 Å². The third-order valence-corrected chi connectivity index (χ3v) is 3.02. The van der Waals surface area contributed by atoms with Crippen molar-refractivity contribution < 1.29 is 4.74 Å². The van der Waals surface area contributed by atoms with Crippen molar-refractivity contribution in [3.8, 4) is 0 Å². The molecule has 0 aliphatic rings. The second-order valence-electron chi connectivity index (χ2n) is 5.98. The van der Waals surface area contributed by atoms with Gasteiger partial charge < -0.3 is 10.5 Å². The number of ether oxygens (including phenoxy) is 1. The highest BCUT2D eigenvalue weighted by atomic mass is 16.5. The number of hydrogen-bond donors (Lipinski definition) is 1. The van der Waals surface area contributed by atoms with E-state index in [2.05, 4.69) is 17.2 Å². The maximum Gasteiger partial charge on any atom is 0.0719 e. The highest BCUT2D eigenvalue weighted by molar-refractivity contribution is 5.81. The van der Waals surface area contributed by atoms with E-state index in [-0.39, 0.29) is 11.6 Å². The first-order chi connectivity index (χ1) is 8.87. The van der Waals surface area contributed by atoms with Gasteiger partial charge in [0.2, 0.25) is 0 Å². The zero-order chi connectivity index (χ0) is 14.0. The Morgan fingerprint density at radius 1 is 1.32 bits per heavy atom. The molecule has 2 aromatic rings. The first kappa shape index (κ1) is 14.0. The smallest absolute Gasteiger partial charge is 0.0719 e. The van der Waals surface area contributed by atoms with Gasteiger partial charge >= 0.3 is 0 Å². The average Bonchev–Trinajstić information content (AvgIpc) is 2.64. The van der Waals surface area contributed by atoms with Gasteiger partial charge in [0, 0.05) is 24.9 Å². The molecule has 4 nitrogen and oxygen atoms in total. The first-order valence-corrected chi connectivity index (χ1v) is 6.67. The van der Waals surface area contributed by atoms with Crippen LogP contribution >= 0.6 is 0 Å². The Morgan fingerprint density at radius 3 is 2.68 bits per heavy atom. The molecule has 1 atom stereocenters. The van der Waals surface area contributed by atoms with Crippen LogP contribution in [0.25, 0.3) is 10.9 Å².